The lowest BCUT2D eigenvalue weighted by atomic mass is 9.80. The zero-order valence-electron chi connectivity index (χ0n) is 16.5. The highest BCUT2D eigenvalue weighted by Gasteiger charge is 2.13. The minimum atomic E-state index is -1.68. The van der Waals surface area contributed by atoms with Gasteiger partial charge in [-0.3, -0.25) is 0 Å². The third-order valence-electron chi connectivity index (χ3n) is 3.19. The van der Waals surface area contributed by atoms with Crippen LogP contribution < -0.4 is 14.9 Å². The normalized spacial score (nSPS) is 10.5. The van der Waals surface area contributed by atoms with E-state index in [-0.39, 0.29) is 11.3 Å². The summed E-state index contributed by atoms with van der Waals surface area (Å²) in [5.41, 5.74) is 0.0914. The fourth-order valence-electron chi connectivity index (χ4n) is 1.95. The second kappa shape index (κ2) is 12.2. The summed E-state index contributed by atoms with van der Waals surface area (Å²) in [6.45, 7) is 9.15. The molecule has 0 saturated carbocycles. The number of hydrogen-bond acceptors (Lipinski definition) is 4. The fourth-order valence-corrected chi connectivity index (χ4v) is 2.56. The molecule has 0 fully saturated rings. The Balaban J connectivity index is 0.000000283. The van der Waals surface area contributed by atoms with Crippen LogP contribution in [0.3, 0.4) is 0 Å². The number of hydrogen-bond donors (Lipinski definition) is 2. The Morgan fingerprint density at radius 2 is 1.29 bits per heavy atom. The highest BCUT2D eigenvalue weighted by molar-refractivity contribution is 14.1. The molecule has 0 spiro atoms. The summed E-state index contributed by atoms with van der Waals surface area (Å²) in [4.78, 5) is 0. The van der Waals surface area contributed by atoms with Crippen LogP contribution in [0.15, 0.2) is 36.4 Å². The van der Waals surface area contributed by atoms with Crippen LogP contribution in [0.5, 0.6) is 11.5 Å². The van der Waals surface area contributed by atoms with E-state index < -0.39 is 12.9 Å². The summed E-state index contributed by atoms with van der Waals surface area (Å²) in [7, 11) is -1.68. The first-order chi connectivity index (χ1) is 13.1. The van der Waals surface area contributed by atoms with Crippen LogP contribution in [0.2, 0.25) is 0 Å². The maximum Gasteiger partial charge on any atom is 0.488 e. The molecule has 0 atom stereocenters. The Labute approximate surface area is 179 Å². The van der Waals surface area contributed by atoms with E-state index in [1.54, 1.807) is 0 Å². The van der Waals surface area contributed by atoms with E-state index in [1.165, 1.54) is 24.3 Å². The van der Waals surface area contributed by atoms with Gasteiger partial charge in [0, 0.05) is 15.7 Å². The van der Waals surface area contributed by atoms with Gasteiger partial charge in [-0.05, 0) is 64.2 Å². The Bertz CT molecular complexity index is 722. The van der Waals surface area contributed by atoms with E-state index in [0.29, 0.717) is 36.5 Å². The van der Waals surface area contributed by atoms with Crippen LogP contribution in [-0.2, 0) is 0 Å². The topological polar surface area (TPSA) is 58.9 Å². The van der Waals surface area contributed by atoms with Crippen LogP contribution in [0.25, 0.3) is 0 Å². The quantitative estimate of drug-likeness (QED) is 0.441. The van der Waals surface area contributed by atoms with Gasteiger partial charge in [-0.2, -0.15) is 0 Å². The second-order valence-electron chi connectivity index (χ2n) is 7.11. The van der Waals surface area contributed by atoms with E-state index in [9.17, 15) is 8.78 Å². The molecule has 0 unspecified atom stereocenters. The molecule has 0 aliphatic carbocycles. The molecule has 2 rings (SSSR count). The Hall–Kier alpha value is -1.39. The van der Waals surface area contributed by atoms with Gasteiger partial charge in [-0.25, -0.2) is 8.78 Å². The molecular weight excluding hydrogens is 480 g/mol. The van der Waals surface area contributed by atoms with Crippen LogP contribution in [0, 0.1) is 27.0 Å². The molecule has 2 aromatic rings. The van der Waals surface area contributed by atoms with Gasteiger partial charge in [0.05, 0.1) is 13.2 Å². The van der Waals surface area contributed by atoms with E-state index in [2.05, 4.69) is 36.4 Å². The van der Waals surface area contributed by atoms with E-state index in [0.717, 1.165) is 9.64 Å². The van der Waals surface area contributed by atoms with E-state index in [1.807, 2.05) is 19.9 Å². The molecule has 0 radical (unpaired) electrons. The molecule has 0 bridgehead atoms. The summed E-state index contributed by atoms with van der Waals surface area (Å²) < 4.78 is 37.4. The lowest BCUT2D eigenvalue weighted by Gasteiger charge is -2.10. The van der Waals surface area contributed by atoms with Crippen LogP contribution >= 0.6 is 22.6 Å². The minimum Gasteiger partial charge on any atom is -0.493 e. The smallest absolute Gasteiger partial charge is 0.488 e. The fraction of sp³-hybridized carbons (Fsp3) is 0.400. The lowest BCUT2D eigenvalue weighted by molar-refractivity contribution is 0.269. The molecule has 2 N–H and O–H groups in total. The van der Waals surface area contributed by atoms with Gasteiger partial charge in [0.2, 0.25) is 0 Å². The molecule has 8 heteroatoms. The molecule has 0 aliphatic heterocycles. The Morgan fingerprint density at radius 1 is 0.821 bits per heavy atom. The molecule has 0 saturated heterocycles. The van der Waals surface area contributed by atoms with Gasteiger partial charge in [0.25, 0.3) is 0 Å². The number of benzene rings is 2. The predicted molar refractivity (Wildman–Crippen MR) is 116 cm³/mol. The van der Waals surface area contributed by atoms with Gasteiger partial charge < -0.3 is 19.5 Å². The summed E-state index contributed by atoms with van der Waals surface area (Å²) in [5.74, 6) is 0.923. The molecular formula is C20H26BF2IO4. The Kier molecular flexibility index (Phi) is 10.8. The van der Waals surface area contributed by atoms with Crippen molar-refractivity contribution in [2.75, 3.05) is 13.2 Å². The third-order valence-corrected chi connectivity index (χ3v) is 3.82. The SMILES string of the molecule is CC(C)COc1cc(F)cc(B(O)O)c1.CC(C)COc1cc(F)cc(I)c1. The standard InChI is InChI=1S/C10H14BFO3.C10H12FIO/c1-7(2)6-15-10-4-8(11(13)14)3-9(12)5-10;1-7(2)6-13-10-4-8(11)3-9(12)5-10/h3-5,7,13-14H,6H2,1-2H3;3-5,7H,6H2,1-2H3. The first-order valence-electron chi connectivity index (χ1n) is 8.95. The van der Waals surface area contributed by atoms with Gasteiger partial charge in [-0.1, -0.05) is 27.7 Å². The highest BCUT2D eigenvalue weighted by Crippen LogP contribution is 2.18. The molecule has 0 aromatic heterocycles. The van der Waals surface area contributed by atoms with Crippen LogP contribution in [0.4, 0.5) is 8.78 Å². The van der Waals surface area contributed by atoms with Gasteiger partial charge in [0.1, 0.15) is 23.1 Å². The average Bonchev–Trinajstić information content (AvgIpc) is 2.57. The first kappa shape index (κ1) is 24.7. The van der Waals surface area contributed by atoms with Crippen molar-refractivity contribution in [3.8, 4) is 11.5 Å². The summed E-state index contributed by atoms with van der Waals surface area (Å²) >= 11 is 2.07. The van der Waals surface area contributed by atoms with Crippen molar-refractivity contribution < 1.29 is 28.3 Å². The number of ether oxygens (including phenoxy) is 2. The van der Waals surface area contributed by atoms with Crippen molar-refractivity contribution >= 4 is 35.2 Å². The number of halogens is 3. The second-order valence-corrected chi connectivity index (χ2v) is 8.35. The summed E-state index contributed by atoms with van der Waals surface area (Å²) in [6.07, 6.45) is 0. The van der Waals surface area contributed by atoms with Crippen molar-refractivity contribution in [1.29, 1.82) is 0 Å². The minimum absolute atomic E-state index is 0.0914. The lowest BCUT2D eigenvalue weighted by Crippen LogP contribution is -2.30. The maximum atomic E-state index is 13.0. The van der Waals surface area contributed by atoms with E-state index in [4.69, 9.17) is 19.5 Å². The zero-order valence-corrected chi connectivity index (χ0v) is 18.6. The summed E-state index contributed by atoms with van der Waals surface area (Å²) in [5, 5.41) is 17.8. The molecule has 154 valence electrons. The van der Waals surface area contributed by atoms with Crippen molar-refractivity contribution in [2.45, 2.75) is 27.7 Å². The van der Waals surface area contributed by atoms with Crippen molar-refractivity contribution in [3.63, 3.8) is 0 Å². The first-order valence-corrected chi connectivity index (χ1v) is 10.0. The molecule has 0 heterocycles. The van der Waals surface area contributed by atoms with Crippen molar-refractivity contribution in [3.05, 3.63) is 51.6 Å². The van der Waals surface area contributed by atoms with E-state index >= 15 is 0 Å². The van der Waals surface area contributed by atoms with Gasteiger partial charge in [-0.15, -0.1) is 0 Å². The van der Waals surface area contributed by atoms with Crippen LogP contribution in [-0.4, -0.2) is 30.4 Å². The third kappa shape index (κ3) is 10.2. The molecule has 28 heavy (non-hydrogen) atoms. The monoisotopic (exact) mass is 506 g/mol. The van der Waals surface area contributed by atoms with Gasteiger partial charge >= 0.3 is 7.12 Å². The van der Waals surface area contributed by atoms with Crippen molar-refractivity contribution in [2.24, 2.45) is 11.8 Å². The Morgan fingerprint density at radius 3 is 1.71 bits per heavy atom. The molecule has 2 aromatic carbocycles. The zero-order chi connectivity index (χ0) is 21.3. The predicted octanol–water partition coefficient (Wildman–Crippen LogP) is 4.01. The maximum absolute atomic E-state index is 13.0. The largest absolute Gasteiger partial charge is 0.493 e. The molecule has 4 nitrogen and oxygen atoms in total. The summed E-state index contributed by atoms with van der Waals surface area (Å²) in [6, 6.07) is 8.40. The molecule has 0 amide bonds. The average molecular weight is 506 g/mol. The number of rotatable bonds is 7. The highest BCUT2D eigenvalue weighted by atomic mass is 127. The molecule has 0 aliphatic rings. The van der Waals surface area contributed by atoms with Crippen molar-refractivity contribution in [1.82, 2.24) is 0 Å². The van der Waals surface area contributed by atoms with Crippen LogP contribution in [0.1, 0.15) is 27.7 Å². The van der Waals surface area contributed by atoms with Gasteiger partial charge in [0.15, 0.2) is 0 Å².